The van der Waals surface area contributed by atoms with Gasteiger partial charge in [-0.05, 0) is 36.2 Å². The standard InChI is InChI=1S/C17H17ClN4O3/c1-19-14-9-13(12(18)8-16(14)22(24)25)20-11-4-5-15-10(7-11)3-6-17(23)21(15)2/h4-5,7-9,19-20H,3,6H2,1-2H3. The molecule has 0 fully saturated rings. The van der Waals surface area contributed by atoms with Crippen molar-refractivity contribution in [3.05, 3.63) is 51.0 Å². The van der Waals surface area contributed by atoms with Crippen LogP contribution >= 0.6 is 11.6 Å². The molecule has 1 aliphatic rings. The Kier molecular flexibility index (Phi) is 4.50. The number of carbonyl (C=O) groups is 1. The van der Waals surface area contributed by atoms with Gasteiger partial charge in [-0.2, -0.15) is 0 Å². The number of aryl methyl sites for hydroxylation is 1. The summed E-state index contributed by atoms with van der Waals surface area (Å²) in [5.41, 5.74) is 3.63. The van der Waals surface area contributed by atoms with Gasteiger partial charge in [0.05, 0.1) is 15.6 Å². The quantitative estimate of drug-likeness (QED) is 0.637. The average Bonchev–Trinajstić information content (AvgIpc) is 2.59. The number of benzene rings is 2. The fourth-order valence-corrected chi connectivity index (χ4v) is 3.10. The number of nitro benzene ring substituents is 1. The molecule has 0 bridgehead atoms. The molecule has 1 aliphatic heterocycles. The van der Waals surface area contributed by atoms with Gasteiger partial charge in [-0.1, -0.05) is 11.6 Å². The van der Waals surface area contributed by atoms with E-state index in [1.54, 1.807) is 25.1 Å². The molecule has 0 atom stereocenters. The molecule has 130 valence electrons. The molecule has 2 aromatic rings. The van der Waals surface area contributed by atoms with E-state index in [2.05, 4.69) is 10.6 Å². The number of hydrogen-bond acceptors (Lipinski definition) is 5. The van der Waals surface area contributed by atoms with E-state index in [4.69, 9.17) is 11.6 Å². The van der Waals surface area contributed by atoms with Crippen molar-refractivity contribution in [3.8, 4) is 0 Å². The highest BCUT2D eigenvalue weighted by atomic mass is 35.5. The highest BCUT2D eigenvalue weighted by Gasteiger charge is 2.21. The summed E-state index contributed by atoms with van der Waals surface area (Å²) >= 11 is 6.19. The molecule has 0 aromatic heterocycles. The lowest BCUT2D eigenvalue weighted by molar-refractivity contribution is -0.383. The van der Waals surface area contributed by atoms with E-state index in [0.29, 0.717) is 24.2 Å². The highest BCUT2D eigenvalue weighted by molar-refractivity contribution is 6.33. The number of rotatable bonds is 4. The molecule has 1 amide bonds. The largest absolute Gasteiger partial charge is 0.383 e. The van der Waals surface area contributed by atoms with E-state index in [9.17, 15) is 14.9 Å². The van der Waals surface area contributed by atoms with Crippen LogP contribution in [0.4, 0.5) is 28.4 Å². The van der Waals surface area contributed by atoms with Crippen molar-refractivity contribution >= 4 is 45.9 Å². The molecule has 1 heterocycles. The normalized spacial score (nSPS) is 13.4. The Morgan fingerprint density at radius 2 is 1.96 bits per heavy atom. The van der Waals surface area contributed by atoms with Crippen LogP contribution < -0.4 is 15.5 Å². The molecule has 7 nitrogen and oxygen atoms in total. The highest BCUT2D eigenvalue weighted by Crippen LogP contribution is 2.37. The van der Waals surface area contributed by atoms with Crippen molar-refractivity contribution in [3.63, 3.8) is 0 Å². The third-order valence-electron chi connectivity index (χ3n) is 4.25. The average molecular weight is 361 g/mol. The maximum Gasteiger partial charge on any atom is 0.293 e. The number of carbonyl (C=O) groups excluding carboxylic acids is 1. The molecule has 0 radical (unpaired) electrons. The summed E-state index contributed by atoms with van der Waals surface area (Å²) in [6.45, 7) is 0. The number of halogens is 1. The Hall–Kier alpha value is -2.80. The molecular weight excluding hydrogens is 344 g/mol. The van der Waals surface area contributed by atoms with E-state index in [1.165, 1.54) is 6.07 Å². The van der Waals surface area contributed by atoms with Crippen molar-refractivity contribution in [2.75, 3.05) is 29.6 Å². The second-order valence-corrected chi connectivity index (χ2v) is 6.18. The van der Waals surface area contributed by atoms with Crippen molar-refractivity contribution in [2.45, 2.75) is 12.8 Å². The minimum absolute atomic E-state index is 0.0800. The molecule has 3 rings (SSSR count). The number of fused-ring (bicyclic) bond motifs is 1. The Morgan fingerprint density at radius 1 is 1.20 bits per heavy atom. The molecule has 0 spiro atoms. The summed E-state index contributed by atoms with van der Waals surface area (Å²) < 4.78 is 0. The maximum atomic E-state index is 11.8. The maximum absolute atomic E-state index is 11.8. The Morgan fingerprint density at radius 3 is 2.64 bits per heavy atom. The van der Waals surface area contributed by atoms with E-state index < -0.39 is 4.92 Å². The molecule has 25 heavy (non-hydrogen) atoms. The minimum Gasteiger partial charge on any atom is -0.383 e. The number of nitrogens with one attached hydrogen (secondary N) is 2. The van der Waals surface area contributed by atoms with Crippen molar-refractivity contribution < 1.29 is 9.72 Å². The number of nitro groups is 1. The number of amides is 1. The predicted octanol–water partition coefficient (Wildman–Crippen LogP) is 3.94. The first-order valence-corrected chi connectivity index (χ1v) is 8.10. The van der Waals surface area contributed by atoms with Gasteiger partial charge in [0.1, 0.15) is 5.69 Å². The van der Waals surface area contributed by atoms with Gasteiger partial charge in [0.2, 0.25) is 5.91 Å². The van der Waals surface area contributed by atoms with Crippen LogP contribution in [0.2, 0.25) is 5.02 Å². The first kappa shape index (κ1) is 17.0. The molecule has 2 N–H and O–H groups in total. The molecule has 8 heteroatoms. The van der Waals surface area contributed by atoms with Crippen molar-refractivity contribution in [1.82, 2.24) is 0 Å². The van der Waals surface area contributed by atoms with Crippen LogP contribution in [-0.4, -0.2) is 24.9 Å². The lowest BCUT2D eigenvalue weighted by Gasteiger charge is -2.26. The zero-order chi connectivity index (χ0) is 18.1. The van der Waals surface area contributed by atoms with Gasteiger partial charge in [0.25, 0.3) is 5.69 Å². The predicted molar refractivity (Wildman–Crippen MR) is 99.1 cm³/mol. The first-order chi connectivity index (χ1) is 11.9. The lowest BCUT2D eigenvalue weighted by atomic mass is 10.0. The summed E-state index contributed by atoms with van der Waals surface area (Å²) in [5.74, 6) is 0.102. The third kappa shape index (κ3) is 3.23. The topological polar surface area (TPSA) is 87.5 Å². The number of anilines is 4. The fraction of sp³-hybridized carbons (Fsp3) is 0.235. The molecule has 0 saturated heterocycles. The summed E-state index contributed by atoms with van der Waals surface area (Å²) in [4.78, 5) is 24.0. The van der Waals surface area contributed by atoms with Crippen LogP contribution in [0.1, 0.15) is 12.0 Å². The van der Waals surface area contributed by atoms with Crippen LogP contribution in [0.5, 0.6) is 0 Å². The van der Waals surface area contributed by atoms with Gasteiger partial charge in [-0.25, -0.2) is 0 Å². The van der Waals surface area contributed by atoms with Crippen LogP contribution in [0.15, 0.2) is 30.3 Å². The molecule has 0 saturated carbocycles. The zero-order valence-electron chi connectivity index (χ0n) is 13.8. The minimum atomic E-state index is -0.479. The molecule has 0 aliphatic carbocycles. The van der Waals surface area contributed by atoms with Gasteiger partial charge in [-0.3, -0.25) is 14.9 Å². The number of hydrogen-bond donors (Lipinski definition) is 2. The molecule has 0 unspecified atom stereocenters. The number of nitrogens with zero attached hydrogens (tertiary/aromatic N) is 2. The first-order valence-electron chi connectivity index (χ1n) is 7.73. The molecular formula is C17H17ClN4O3. The second-order valence-electron chi connectivity index (χ2n) is 5.78. The Balaban J connectivity index is 1.93. The van der Waals surface area contributed by atoms with Gasteiger partial charge < -0.3 is 15.5 Å². The fourth-order valence-electron chi connectivity index (χ4n) is 2.90. The van der Waals surface area contributed by atoms with Crippen LogP contribution in [0, 0.1) is 10.1 Å². The zero-order valence-corrected chi connectivity index (χ0v) is 14.6. The van der Waals surface area contributed by atoms with E-state index in [0.717, 1.165) is 16.9 Å². The van der Waals surface area contributed by atoms with Gasteiger partial charge in [-0.15, -0.1) is 0 Å². The molecule has 2 aromatic carbocycles. The van der Waals surface area contributed by atoms with E-state index >= 15 is 0 Å². The van der Waals surface area contributed by atoms with Crippen LogP contribution in [0.25, 0.3) is 0 Å². The summed E-state index contributed by atoms with van der Waals surface area (Å²) in [6, 6.07) is 8.63. The van der Waals surface area contributed by atoms with Crippen LogP contribution in [-0.2, 0) is 11.2 Å². The second kappa shape index (κ2) is 6.60. The Bertz CT molecular complexity index is 869. The van der Waals surface area contributed by atoms with Crippen molar-refractivity contribution in [1.29, 1.82) is 0 Å². The van der Waals surface area contributed by atoms with Gasteiger partial charge in [0.15, 0.2) is 0 Å². The monoisotopic (exact) mass is 360 g/mol. The van der Waals surface area contributed by atoms with Gasteiger partial charge >= 0.3 is 0 Å². The SMILES string of the molecule is CNc1cc(Nc2ccc3c(c2)CCC(=O)N3C)c(Cl)cc1[N+](=O)[O-]. The van der Waals surface area contributed by atoms with E-state index in [-0.39, 0.29) is 16.6 Å². The Labute approximate surface area is 149 Å². The summed E-state index contributed by atoms with van der Waals surface area (Å²) in [6.07, 6.45) is 1.17. The summed E-state index contributed by atoms with van der Waals surface area (Å²) in [5, 5.41) is 17.3. The summed E-state index contributed by atoms with van der Waals surface area (Å²) in [7, 11) is 3.38. The van der Waals surface area contributed by atoms with Crippen LogP contribution in [0.3, 0.4) is 0 Å². The third-order valence-corrected chi connectivity index (χ3v) is 4.57. The lowest BCUT2D eigenvalue weighted by Crippen LogP contribution is -2.31. The smallest absolute Gasteiger partial charge is 0.293 e. The van der Waals surface area contributed by atoms with E-state index in [1.807, 2.05) is 18.2 Å². The van der Waals surface area contributed by atoms with Crippen molar-refractivity contribution in [2.24, 2.45) is 0 Å². The van der Waals surface area contributed by atoms with Gasteiger partial charge in [0, 0.05) is 38.0 Å².